The molecule has 0 spiro atoms. The fraction of sp³-hybridized carbons (Fsp3) is 0.333. The van der Waals surface area contributed by atoms with Gasteiger partial charge in [-0.2, -0.15) is 0 Å². The molecule has 1 fully saturated rings. The van der Waals surface area contributed by atoms with Crippen LogP contribution in [0.3, 0.4) is 0 Å². The Bertz CT molecular complexity index is 986. The monoisotopic (exact) mass is 415 g/mol. The Hall–Kier alpha value is -2.71. The molecular formula is C21H25N3O4S. The van der Waals surface area contributed by atoms with E-state index in [4.69, 9.17) is 5.14 Å². The molecule has 8 heteroatoms. The number of nitrogens with one attached hydrogen (secondary N) is 1. The van der Waals surface area contributed by atoms with E-state index in [-0.39, 0.29) is 29.0 Å². The van der Waals surface area contributed by atoms with Crippen LogP contribution < -0.4 is 15.4 Å². The van der Waals surface area contributed by atoms with Crippen LogP contribution in [0.2, 0.25) is 0 Å². The minimum atomic E-state index is -3.71. The molecule has 2 aromatic carbocycles. The highest BCUT2D eigenvalue weighted by Gasteiger charge is 2.34. The molecule has 1 saturated heterocycles. The van der Waals surface area contributed by atoms with Gasteiger partial charge in [0, 0.05) is 25.2 Å². The summed E-state index contributed by atoms with van der Waals surface area (Å²) >= 11 is 0. The third-order valence-corrected chi connectivity index (χ3v) is 6.05. The van der Waals surface area contributed by atoms with Crippen molar-refractivity contribution in [2.24, 2.45) is 11.1 Å². The van der Waals surface area contributed by atoms with Crippen molar-refractivity contribution in [2.45, 2.75) is 31.1 Å². The number of aryl methyl sites for hydroxylation is 1. The molecule has 3 rings (SSSR count). The summed E-state index contributed by atoms with van der Waals surface area (Å²) in [6, 6.07) is 14.1. The highest BCUT2D eigenvalue weighted by Crippen LogP contribution is 2.25. The van der Waals surface area contributed by atoms with Crippen LogP contribution in [0.1, 0.15) is 24.5 Å². The number of anilines is 1. The summed E-state index contributed by atoms with van der Waals surface area (Å²) < 4.78 is 22.5. The summed E-state index contributed by atoms with van der Waals surface area (Å²) in [7, 11) is -3.71. The van der Waals surface area contributed by atoms with Crippen LogP contribution in [0.4, 0.5) is 5.69 Å². The van der Waals surface area contributed by atoms with E-state index >= 15 is 0 Å². The molecule has 0 aliphatic carbocycles. The second-order valence-electron chi connectivity index (χ2n) is 7.16. The molecule has 29 heavy (non-hydrogen) atoms. The third kappa shape index (κ3) is 5.21. The molecular weight excluding hydrogens is 390 g/mol. The fourth-order valence-electron chi connectivity index (χ4n) is 3.36. The molecule has 2 amide bonds. The molecule has 0 saturated carbocycles. The van der Waals surface area contributed by atoms with E-state index in [0.29, 0.717) is 19.5 Å². The number of primary sulfonamides is 1. The normalized spacial score (nSPS) is 16.8. The van der Waals surface area contributed by atoms with Gasteiger partial charge in [-0.1, -0.05) is 31.2 Å². The molecule has 7 nitrogen and oxygen atoms in total. The van der Waals surface area contributed by atoms with E-state index in [1.54, 1.807) is 17.0 Å². The molecule has 3 N–H and O–H groups in total. The maximum Gasteiger partial charge on any atom is 0.238 e. The van der Waals surface area contributed by atoms with Gasteiger partial charge >= 0.3 is 0 Å². The molecule has 0 aromatic heterocycles. The molecule has 2 aromatic rings. The van der Waals surface area contributed by atoms with E-state index in [0.717, 1.165) is 17.7 Å². The number of carbonyl (C=O) groups is 2. The van der Waals surface area contributed by atoms with Gasteiger partial charge in [-0.25, -0.2) is 13.6 Å². The first-order valence-corrected chi connectivity index (χ1v) is 11.1. The number of hydrogen-bond acceptors (Lipinski definition) is 4. The Morgan fingerprint density at radius 1 is 1.10 bits per heavy atom. The number of amides is 2. The van der Waals surface area contributed by atoms with Crippen LogP contribution in [-0.4, -0.2) is 33.3 Å². The first-order chi connectivity index (χ1) is 13.8. The molecule has 0 bridgehead atoms. The predicted molar refractivity (Wildman–Crippen MR) is 111 cm³/mol. The Morgan fingerprint density at radius 3 is 2.31 bits per heavy atom. The smallest absolute Gasteiger partial charge is 0.238 e. The van der Waals surface area contributed by atoms with Crippen molar-refractivity contribution in [2.75, 3.05) is 18.0 Å². The zero-order valence-corrected chi connectivity index (χ0v) is 17.1. The molecule has 0 radical (unpaired) electrons. The Morgan fingerprint density at radius 2 is 1.72 bits per heavy atom. The van der Waals surface area contributed by atoms with Crippen molar-refractivity contribution in [1.82, 2.24) is 5.32 Å². The molecule has 154 valence electrons. The van der Waals surface area contributed by atoms with Crippen molar-refractivity contribution in [3.05, 3.63) is 59.7 Å². The number of sulfonamides is 1. The largest absolute Gasteiger partial charge is 0.355 e. The SMILES string of the molecule is CCc1ccc(N2C[C@@H](C(=O)NCCc3ccc(S(N)(=O)=O)cc3)CC2=O)cc1. The van der Waals surface area contributed by atoms with Gasteiger partial charge in [0.2, 0.25) is 21.8 Å². The zero-order valence-electron chi connectivity index (χ0n) is 16.3. The van der Waals surface area contributed by atoms with E-state index in [1.807, 2.05) is 24.3 Å². The van der Waals surface area contributed by atoms with E-state index in [9.17, 15) is 18.0 Å². The zero-order chi connectivity index (χ0) is 21.0. The summed E-state index contributed by atoms with van der Waals surface area (Å²) in [6.07, 6.45) is 1.69. The molecule has 0 unspecified atom stereocenters. The lowest BCUT2D eigenvalue weighted by atomic mass is 10.1. The highest BCUT2D eigenvalue weighted by atomic mass is 32.2. The summed E-state index contributed by atoms with van der Waals surface area (Å²) in [5.74, 6) is -0.571. The van der Waals surface area contributed by atoms with Gasteiger partial charge in [-0.05, 0) is 48.2 Å². The predicted octanol–water partition coefficient (Wildman–Crippen LogP) is 1.61. The van der Waals surface area contributed by atoms with Crippen LogP contribution in [0.15, 0.2) is 53.4 Å². The lowest BCUT2D eigenvalue weighted by molar-refractivity contribution is -0.126. The second-order valence-corrected chi connectivity index (χ2v) is 8.72. The first-order valence-electron chi connectivity index (χ1n) is 9.56. The Labute approximate surface area is 171 Å². The molecule has 1 heterocycles. The van der Waals surface area contributed by atoms with Gasteiger partial charge in [0.25, 0.3) is 0 Å². The van der Waals surface area contributed by atoms with Gasteiger partial charge in [0.15, 0.2) is 0 Å². The van der Waals surface area contributed by atoms with Crippen LogP contribution in [0.5, 0.6) is 0 Å². The van der Waals surface area contributed by atoms with Crippen molar-refractivity contribution in [1.29, 1.82) is 0 Å². The number of rotatable bonds is 7. The van der Waals surface area contributed by atoms with Gasteiger partial charge < -0.3 is 10.2 Å². The first kappa shape index (κ1) is 21.0. The standard InChI is InChI=1S/C21H25N3O4S/c1-2-15-3-7-18(8-4-15)24-14-17(13-20(24)25)21(26)23-12-11-16-5-9-19(10-6-16)29(22,27)28/h3-10,17H,2,11-14H2,1H3,(H,23,26)(H2,22,27,28)/t17-/m0/s1. The van der Waals surface area contributed by atoms with Crippen LogP contribution in [0.25, 0.3) is 0 Å². The van der Waals surface area contributed by atoms with Gasteiger partial charge in [0.05, 0.1) is 10.8 Å². The van der Waals surface area contributed by atoms with Gasteiger partial charge in [-0.15, -0.1) is 0 Å². The summed E-state index contributed by atoms with van der Waals surface area (Å²) in [6.45, 7) is 2.85. The van der Waals surface area contributed by atoms with Crippen LogP contribution in [-0.2, 0) is 32.5 Å². The molecule has 1 atom stereocenters. The Balaban J connectivity index is 1.51. The van der Waals surface area contributed by atoms with Crippen molar-refractivity contribution in [3.8, 4) is 0 Å². The quantitative estimate of drug-likeness (QED) is 0.716. The topological polar surface area (TPSA) is 110 Å². The Kier molecular flexibility index (Phi) is 6.34. The number of benzene rings is 2. The molecule has 1 aliphatic heterocycles. The molecule has 1 aliphatic rings. The van der Waals surface area contributed by atoms with Crippen molar-refractivity contribution >= 4 is 27.5 Å². The maximum absolute atomic E-state index is 12.5. The van der Waals surface area contributed by atoms with Crippen LogP contribution in [0, 0.1) is 5.92 Å². The fourth-order valence-corrected chi connectivity index (χ4v) is 3.88. The highest BCUT2D eigenvalue weighted by molar-refractivity contribution is 7.89. The number of nitrogens with zero attached hydrogens (tertiary/aromatic N) is 1. The van der Waals surface area contributed by atoms with E-state index in [2.05, 4.69) is 12.2 Å². The van der Waals surface area contributed by atoms with Crippen LogP contribution >= 0.6 is 0 Å². The summed E-state index contributed by atoms with van der Waals surface area (Å²) in [5.41, 5.74) is 2.90. The lowest BCUT2D eigenvalue weighted by Gasteiger charge is -2.17. The number of nitrogens with two attached hydrogens (primary N) is 1. The van der Waals surface area contributed by atoms with Crippen molar-refractivity contribution < 1.29 is 18.0 Å². The average Bonchev–Trinajstić information content (AvgIpc) is 3.09. The van der Waals surface area contributed by atoms with E-state index < -0.39 is 10.0 Å². The van der Waals surface area contributed by atoms with Gasteiger partial charge in [-0.3, -0.25) is 9.59 Å². The van der Waals surface area contributed by atoms with Gasteiger partial charge in [0.1, 0.15) is 0 Å². The third-order valence-electron chi connectivity index (χ3n) is 5.12. The summed E-state index contributed by atoms with van der Waals surface area (Å²) in [4.78, 5) is 26.5. The maximum atomic E-state index is 12.5. The number of carbonyl (C=O) groups excluding carboxylic acids is 2. The number of hydrogen-bond donors (Lipinski definition) is 2. The minimum absolute atomic E-state index is 0.0482. The average molecular weight is 416 g/mol. The van der Waals surface area contributed by atoms with E-state index in [1.165, 1.54) is 17.7 Å². The van der Waals surface area contributed by atoms with Crippen molar-refractivity contribution in [3.63, 3.8) is 0 Å². The summed E-state index contributed by atoms with van der Waals surface area (Å²) in [5, 5.41) is 7.95. The lowest BCUT2D eigenvalue weighted by Crippen LogP contribution is -2.34. The second kappa shape index (κ2) is 8.75. The minimum Gasteiger partial charge on any atom is -0.355 e.